The molecule has 0 atom stereocenters. The largest absolute Gasteiger partial charge is 0.443 e. The summed E-state index contributed by atoms with van der Waals surface area (Å²) < 4.78 is 5.92. The number of amides is 2. The zero-order valence-electron chi connectivity index (χ0n) is 9.04. The fourth-order valence-electron chi connectivity index (χ4n) is 1.11. The molecule has 0 fully saturated rings. The molecule has 0 aromatic heterocycles. The van der Waals surface area contributed by atoms with Gasteiger partial charge in [-0.2, -0.15) is 0 Å². The summed E-state index contributed by atoms with van der Waals surface area (Å²) in [7, 11) is 0. The number of hydrogen-bond acceptors (Lipinski definition) is 3. The maximum absolute atomic E-state index is 11.6. The summed E-state index contributed by atoms with van der Waals surface area (Å²) in [6.07, 6.45) is 1.46. The van der Waals surface area contributed by atoms with E-state index in [1.165, 1.54) is 6.08 Å². The predicted molar refractivity (Wildman–Crippen MR) is 59.6 cm³/mol. The van der Waals surface area contributed by atoms with E-state index in [0.29, 0.717) is 13.0 Å². The highest BCUT2D eigenvalue weighted by atomic mass is 79.9. The summed E-state index contributed by atoms with van der Waals surface area (Å²) in [6.45, 7) is 5.67. The highest BCUT2D eigenvalue weighted by Gasteiger charge is 2.28. The van der Waals surface area contributed by atoms with Gasteiger partial charge < -0.3 is 4.74 Å². The van der Waals surface area contributed by atoms with Gasteiger partial charge in [-0.05, 0) is 27.2 Å². The Morgan fingerprint density at radius 3 is 2.60 bits per heavy atom. The quantitative estimate of drug-likeness (QED) is 0.682. The molecule has 15 heavy (non-hydrogen) atoms. The summed E-state index contributed by atoms with van der Waals surface area (Å²) in [6, 6.07) is 0. The molecule has 5 heteroatoms. The highest BCUT2D eigenvalue weighted by molar-refractivity contribution is 9.11. The van der Waals surface area contributed by atoms with Gasteiger partial charge in [0.1, 0.15) is 5.60 Å². The Morgan fingerprint density at radius 2 is 2.13 bits per heavy atom. The summed E-state index contributed by atoms with van der Waals surface area (Å²) in [5.41, 5.74) is -0.574. The Balaban J connectivity index is 2.66. The fourth-order valence-corrected chi connectivity index (χ4v) is 1.48. The minimum Gasteiger partial charge on any atom is -0.443 e. The molecule has 0 aromatic rings. The second-order valence-corrected chi connectivity index (χ2v) is 5.33. The number of rotatable bonds is 0. The van der Waals surface area contributed by atoms with Crippen LogP contribution in [0.3, 0.4) is 0 Å². The van der Waals surface area contributed by atoms with Crippen LogP contribution in [-0.4, -0.2) is 29.0 Å². The molecule has 0 spiro atoms. The summed E-state index contributed by atoms with van der Waals surface area (Å²) >= 11 is 3.23. The molecule has 1 aliphatic heterocycles. The maximum Gasteiger partial charge on any atom is 0.417 e. The lowest BCUT2D eigenvalue weighted by molar-refractivity contribution is -0.125. The van der Waals surface area contributed by atoms with Crippen molar-refractivity contribution in [2.24, 2.45) is 0 Å². The number of halogens is 1. The van der Waals surface area contributed by atoms with E-state index in [9.17, 15) is 9.59 Å². The third kappa shape index (κ3) is 3.66. The van der Waals surface area contributed by atoms with E-state index in [4.69, 9.17) is 4.74 Å². The van der Waals surface area contributed by atoms with Crippen LogP contribution < -0.4 is 0 Å². The molecule has 0 saturated carbocycles. The zero-order chi connectivity index (χ0) is 11.6. The molecular weight excluding hydrogens is 262 g/mol. The van der Waals surface area contributed by atoms with Crippen molar-refractivity contribution in [2.45, 2.75) is 32.8 Å². The molecule has 84 valence electrons. The molecule has 4 nitrogen and oxygen atoms in total. The third-order valence-corrected chi connectivity index (χ3v) is 2.36. The lowest BCUT2D eigenvalue weighted by atomic mass is 10.2. The van der Waals surface area contributed by atoms with Crippen LogP contribution in [0.2, 0.25) is 0 Å². The Bertz CT molecular complexity index is 317. The molecule has 0 aromatic carbocycles. The Morgan fingerprint density at radius 1 is 1.53 bits per heavy atom. The van der Waals surface area contributed by atoms with E-state index in [0.717, 1.165) is 9.38 Å². The fraction of sp³-hybridized carbons (Fsp3) is 0.600. The van der Waals surface area contributed by atoms with Crippen LogP contribution in [0, 0.1) is 0 Å². The lowest BCUT2D eigenvalue weighted by Crippen LogP contribution is -2.42. The SMILES string of the molecule is CC(C)(C)OC(=O)N1CCC(Br)=CC1=O. The van der Waals surface area contributed by atoms with Crippen molar-refractivity contribution in [1.82, 2.24) is 4.90 Å². The standard InChI is InChI=1S/C10H14BrNO3/c1-10(2,3)15-9(14)12-5-4-7(11)6-8(12)13/h6H,4-5H2,1-3H3. The molecule has 0 aliphatic carbocycles. The second-order valence-electron chi connectivity index (χ2n) is 4.31. The first kappa shape index (κ1) is 12.2. The normalized spacial score (nSPS) is 17.5. The summed E-state index contributed by atoms with van der Waals surface area (Å²) in [5, 5.41) is 0. The van der Waals surface area contributed by atoms with Crippen LogP contribution >= 0.6 is 15.9 Å². The first-order valence-electron chi connectivity index (χ1n) is 4.70. The van der Waals surface area contributed by atoms with Crippen molar-refractivity contribution in [1.29, 1.82) is 0 Å². The van der Waals surface area contributed by atoms with Crippen LogP contribution in [0.5, 0.6) is 0 Å². The van der Waals surface area contributed by atoms with Gasteiger partial charge in [-0.15, -0.1) is 0 Å². The molecule has 2 amide bonds. The first-order valence-corrected chi connectivity index (χ1v) is 5.49. The van der Waals surface area contributed by atoms with Gasteiger partial charge >= 0.3 is 6.09 Å². The van der Waals surface area contributed by atoms with Crippen molar-refractivity contribution in [3.63, 3.8) is 0 Å². The van der Waals surface area contributed by atoms with Gasteiger partial charge in [0.05, 0.1) is 0 Å². The minimum atomic E-state index is -0.580. The van der Waals surface area contributed by atoms with Crippen LogP contribution in [0.1, 0.15) is 27.2 Å². The molecule has 1 aliphatic rings. The van der Waals surface area contributed by atoms with E-state index in [2.05, 4.69) is 15.9 Å². The van der Waals surface area contributed by atoms with Crippen molar-refractivity contribution in [3.05, 3.63) is 10.6 Å². The number of imide groups is 1. The van der Waals surface area contributed by atoms with E-state index < -0.39 is 11.7 Å². The molecular formula is C10H14BrNO3. The molecule has 0 N–H and O–H groups in total. The van der Waals surface area contributed by atoms with Crippen LogP contribution in [0.25, 0.3) is 0 Å². The van der Waals surface area contributed by atoms with Gasteiger partial charge in [0.25, 0.3) is 5.91 Å². The van der Waals surface area contributed by atoms with Gasteiger partial charge in [0.2, 0.25) is 0 Å². The topological polar surface area (TPSA) is 46.6 Å². The van der Waals surface area contributed by atoms with E-state index in [1.54, 1.807) is 20.8 Å². The molecule has 0 radical (unpaired) electrons. The molecule has 1 heterocycles. The number of nitrogens with zero attached hydrogens (tertiary/aromatic N) is 1. The zero-order valence-corrected chi connectivity index (χ0v) is 10.6. The number of carbonyl (C=O) groups excluding carboxylic acids is 2. The average Bonchev–Trinajstić information content (AvgIpc) is 1.99. The molecule has 0 bridgehead atoms. The Labute approximate surface area is 97.4 Å². The van der Waals surface area contributed by atoms with Crippen LogP contribution in [0.4, 0.5) is 4.79 Å². The van der Waals surface area contributed by atoms with Crippen molar-refractivity contribution in [3.8, 4) is 0 Å². The monoisotopic (exact) mass is 275 g/mol. The smallest absolute Gasteiger partial charge is 0.417 e. The van der Waals surface area contributed by atoms with Crippen molar-refractivity contribution >= 4 is 27.9 Å². The van der Waals surface area contributed by atoms with E-state index in [-0.39, 0.29) is 5.91 Å². The van der Waals surface area contributed by atoms with Crippen LogP contribution in [0.15, 0.2) is 10.6 Å². The maximum atomic E-state index is 11.6. The van der Waals surface area contributed by atoms with Gasteiger partial charge in [0.15, 0.2) is 0 Å². The van der Waals surface area contributed by atoms with Gasteiger partial charge in [-0.1, -0.05) is 15.9 Å². The van der Waals surface area contributed by atoms with Gasteiger partial charge in [-0.3, -0.25) is 4.79 Å². The minimum absolute atomic E-state index is 0.331. The van der Waals surface area contributed by atoms with Crippen molar-refractivity contribution < 1.29 is 14.3 Å². The predicted octanol–water partition coefficient (Wildman–Crippen LogP) is 2.43. The van der Waals surface area contributed by atoms with Gasteiger partial charge in [-0.25, -0.2) is 9.69 Å². The Hall–Kier alpha value is -0.840. The summed E-state index contributed by atoms with van der Waals surface area (Å²) in [4.78, 5) is 24.1. The second kappa shape index (κ2) is 4.35. The van der Waals surface area contributed by atoms with Crippen molar-refractivity contribution in [2.75, 3.05) is 6.54 Å². The number of ether oxygens (including phenoxy) is 1. The van der Waals surface area contributed by atoms with E-state index in [1.807, 2.05) is 0 Å². The molecule has 0 unspecified atom stereocenters. The average molecular weight is 276 g/mol. The Kier molecular flexibility index (Phi) is 3.54. The number of carbonyl (C=O) groups is 2. The first-order chi connectivity index (χ1) is 6.79. The lowest BCUT2D eigenvalue weighted by Gasteiger charge is -2.27. The summed E-state index contributed by atoms with van der Waals surface area (Å²) in [5.74, 6) is -0.331. The highest BCUT2D eigenvalue weighted by Crippen LogP contribution is 2.19. The molecule has 0 saturated heterocycles. The van der Waals surface area contributed by atoms with Crippen LogP contribution in [-0.2, 0) is 9.53 Å². The van der Waals surface area contributed by atoms with Gasteiger partial charge in [0, 0.05) is 17.1 Å². The third-order valence-electron chi connectivity index (χ3n) is 1.73. The van der Waals surface area contributed by atoms with E-state index >= 15 is 0 Å². The number of hydrogen-bond donors (Lipinski definition) is 0. The molecule has 1 rings (SSSR count).